The number of alkyl halides is 1. The van der Waals surface area contributed by atoms with Gasteiger partial charge in [-0.3, -0.25) is 4.79 Å². The van der Waals surface area contributed by atoms with Crippen molar-refractivity contribution in [3.8, 4) is 0 Å². The van der Waals surface area contributed by atoms with Gasteiger partial charge in [0.2, 0.25) is 4.87 Å². The quantitative estimate of drug-likeness (QED) is 0.326. The van der Waals surface area contributed by atoms with Crippen molar-refractivity contribution in [3.05, 3.63) is 69.7 Å². The fraction of sp³-hybridized carbons (Fsp3) is 0.176. The van der Waals surface area contributed by atoms with Crippen molar-refractivity contribution in [1.82, 2.24) is 0 Å². The minimum Gasteiger partial charge on any atom is -0.464 e. The van der Waals surface area contributed by atoms with E-state index in [1.807, 2.05) is 0 Å². The largest absolute Gasteiger partial charge is 0.464 e. The molecule has 1 unspecified atom stereocenters. The molecule has 23 heavy (non-hydrogen) atoms. The van der Waals surface area contributed by atoms with Gasteiger partial charge in [-0.25, -0.2) is 4.79 Å². The molecular formula is C17H13Cl3O3. The second-order valence-corrected chi connectivity index (χ2v) is 6.16. The van der Waals surface area contributed by atoms with Gasteiger partial charge in [0.15, 0.2) is 5.78 Å². The van der Waals surface area contributed by atoms with Crippen LogP contribution in [0.1, 0.15) is 22.8 Å². The SMILES string of the molecule is CCOC(=O)C(Cl)(C(=O)c1ccc(Cl)cc1)c1ccc(Cl)cc1. The summed E-state index contributed by atoms with van der Waals surface area (Å²) in [5.41, 5.74) is 0.550. The van der Waals surface area contributed by atoms with Crippen LogP contribution in [-0.4, -0.2) is 18.4 Å². The Balaban J connectivity index is 2.52. The summed E-state index contributed by atoms with van der Waals surface area (Å²) in [6, 6.07) is 12.3. The Labute approximate surface area is 149 Å². The number of ketones is 1. The van der Waals surface area contributed by atoms with E-state index in [9.17, 15) is 9.59 Å². The van der Waals surface area contributed by atoms with Gasteiger partial charge in [0, 0.05) is 15.6 Å². The monoisotopic (exact) mass is 370 g/mol. The van der Waals surface area contributed by atoms with E-state index in [-0.39, 0.29) is 12.2 Å². The third-order valence-corrected chi connectivity index (χ3v) is 4.27. The number of carbonyl (C=O) groups is 2. The van der Waals surface area contributed by atoms with Crippen molar-refractivity contribution >= 4 is 46.6 Å². The average Bonchev–Trinajstić information content (AvgIpc) is 2.55. The molecule has 2 aromatic carbocycles. The van der Waals surface area contributed by atoms with Crippen LogP contribution in [0.15, 0.2) is 48.5 Å². The normalized spacial score (nSPS) is 13.2. The molecular weight excluding hydrogens is 359 g/mol. The lowest BCUT2D eigenvalue weighted by Crippen LogP contribution is -2.40. The van der Waals surface area contributed by atoms with Crippen LogP contribution in [0, 0.1) is 0 Å². The zero-order valence-corrected chi connectivity index (χ0v) is 14.5. The Kier molecular flexibility index (Phi) is 5.69. The summed E-state index contributed by atoms with van der Waals surface area (Å²) < 4.78 is 5.01. The molecule has 0 aliphatic carbocycles. The standard InChI is InChI=1S/C17H13Cl3O3/c1-2-23-16(22)17(20,12-5-9-14(19)10-6-12)15(21)11-3-7-13(18)8-4-11/h3-10H,2H2,1H3. The van der Waals surface area contributed by atoms with Gasteiger partial charge in [0.05, 0.1) is 6.61 Å². The lowest BCUT2D eigenvalue weighted by molar-refractivity contribution is -0.145. The molecule has 0 saturated heterocycles. The highest BCUT2D eigenvalue weighted by Gasteiger charge is 2.47. The van der Waals surface area contributed by atoms with Crippen LogP contribution < -0.4 is 0 Å². The number of hydrogen-bond donors (Lipinski definition) is 0. The lowest BCUT2D eigenvalue weighted by atomic mass is 9.89. The third kappa shape index (κ3) is 3.69. The van der Waals surface area contributed by atoms with Gasteiger partial charge in [-0.15, -0.1) is 0 Å². The molecule has 0 N–H and O–H groups in total. The maximum atomic E-state index is 12.9. The molecule has 0 amide bonds. The summed E-state index contributed by atoms with van der Waals surface area (Å²) >= 11 is 18.2. The van der Waals surface area contributed by atoms with E-state index in [0.717, 1.165) is 0 Å². The Morgan fingerprint density at radius 3 is 1.91 bits per heavy atom. The molecule has 0 spiro atoms. The van der Waals surface area contributed by atoms with Gasteiger partial charge >= 0.3 is 5.97 Å². The highest BCUT2D eigenvalue weighted by atomic mass is 35.5. The minimum atomic E-state index is -1.98. The maximum Gasteiger partial charge on any atom is 0.339 e. The summed E-state index contributed by atoms with van der Waals surface area (Å²) in [7, 11) is 0. The molecule has 6 heteroatoms. The van der Waals surface area contributed by atoms with Gasteiger partial charge in [-0.1, -0.05) is 46.9 Å². The number of Topliss-reactive ketones (excluding diaryl/α,β-unsaturated/α-hetero) is 1. The molecule has 2 aromatic rings. The molecule has 0 radical (unpaired) electrons. The predicted octanol–water partition coefficient (Wildman–Crippen LogP) is 4.87. The molecule has 0 heterocycles. The van der Waals surface area contributed by atoms with Gasteiger partial charge in [-0.2, -0.15) is 0 Å². The summed E-state index contributed by atoms with van der Waals surface area (Å²) in [6.45, 7) is 1.75. The number of hydrogen-bond acceptors (Lipinski definition) is 3. The number of halogens is 3. The fourth-order valence-electron chi connectivity index (χ4n) is 2.05. The molecule has 2 rings (SSSR count). The van der Waals surface area contributed by atoms with Crippen molar-refractivity contribution < 1.29 is 14.3 Å². The lowest BCUT2D eigenvalue weighted by Gasteiger charge is -2.24. The van der Waals surface area contributed by atoms with E-state index >= 15 is 0 Å². The number of carbonyl (C=O) groups excluding carboxylic acids is 2. The van der Waals surface area contributed by atoms with E-state index in [1.165, 1.54) is 24.3 Å². The molecule has 0 saturated carbocycles. The Bertz CT molecular complexity index is 711. The van der Waals surface area contributed by atoms with Crippen LogP contribution in [0.25, 0.3) is 0 Å². The number of ether oxygens (including phenoxy) is 1. The first-order valence-corrected chi connectivity index (χ1v) is 7.95. The van der Waals surface area contributed by atoms with Crippen LogP contribution in [0.5, 0.6) is 0 Å². The highest BCUT2D eigenvalue weighted by molar-refractivity contribution is 6.47. The first-order valence-electron chi connectivity index (χ1n) is 6.82. The first kappa shape index (κ1) is 17.8. The van der Waals surface area contributed by atoms with Crippen LogP contribution in [0.3, 0.4) is 0 Å². The molecule has 0 aliphatic heterocycles. The fourth-order valence-corrected chi connectivity index (χ4v) is 2.59. The minimum absolute atomic E-state index is 0.106. The summed E-state index contributed by atoms with van der Waals surface area (Å²) in [4.78, 5) is 23.3. The molecule has 0 aliphatic rings. The molecule has 0 aromatic heterocycles. The van der Waals surface area contributed by atoms with E-state index in [2.05, 4.69) is 0 Å². The predicted molar refractivity (Wildman–Crippen MR) is 91.4 cm³/mol. The summed E-state index contributed by atoms with van der Waals surface area (Å²) in [5.74, 6) is -1.42. The van der Waals surface area contributed by atoms with E-state index in [4.69, 9.17) is 39.5 Å². The summed E-state index contributed by atoms with van der Waals surface area (Å²) in [6.07, 6.45) is 0. The van der Waals surface area contributed by atoms with Crippen molar-refractivity contribution in [2.24, 2.45) is 0 Å². The topological polar surface area (TPSA) is 43.4 Å². The van der Waals surface area contributed by atoms with Crippen LogP contribution in [0.2, 0.25) is 10.0 Å². The number of benzene rings is 2. The Morgan fingerprint density at radius 2 is 1.43 bits per heavy atom. The van der Waals surface area contributed by atoms with E-state index in [1.54, 1.807) is 31.2 Å². The van der Waals surface area contributed by atoms with Gasteiger partial charge in [-0.05, 0) is 48.9 Å². The zero-order valence-electron chi connectivity index (χ0n) is 12.2. The van der Waals surface area contributed by atoms with Gasteiger partial charge < -0.3 is 4.74 Å². The van der Waals surface area contributed by atoms with Crippen LogP contribution >= 0.6 is 34.8 Å². The second-order valence-electron chi connectivity index (χ2n) is 4.72. The smallest absolute Gasteiger partial charge is 0.339 e. The van der Waals surface area contributed by atoms with Gasteiger partial charge in [0.25, 0.3) is 0 Å². The highest BCUT2D eigenvalue weighted by Crippen LogP contribution is 2.35. The van der Waals surface area contributed by atoms with Crippen LogP contribution in [0.4, 0.5) is 0 Å². The van der Waals surface area contributed by atoms with E-state index < -0.39 is 16.6 Å². The van der Waals surface area contributed by atoms with Crippen molar-refractivity contribution in [3.63, 3.8) is 0 Å². The Morgan fingerprint density at radius 1 is 0.957 bits per heavy atom. The molecule has 120 valence electrons. The zero-order chi connectivity index (χ0) is 17.0. The second kappa shape index (κ2) is 7.35. The third-order valence-electron chi connectivity index (χ3n) is 3.22. The molecule has 1 atom stereocenters. The molecule has 0 bridgehead atoms. The van der Waals surface area contributed by atoms with Gasteiger partial charge in [0.1, 0.15) is 0 Å². The molecule has 0 fully saturated rings. The van der Waals surface area contributed by atoms with Crippen molar-refractivity contribution in [2.45, 2.75) is 11.8 Å². The first-order chi connectivity index (χ1) is 10.9. The van der Waals surface area contributed by atoms with Crippen LogP contribution in [-0.2, 0) is 14.4 Å². The van der Waals surface area contributed by atoms with Crippen molar-refractivity contribution in [2.75, 3.05) is 6.61 Å². The summed E-state index contributed by atoms with van der Waals surface area (Å²) in [5, 5.41) is 0.944. The van der Waals surface area contributed by atoms with Crippen molar-refractivity contribution in [1.29, 1.82) is 0 Å². The maximum absolute atomic E-state index is 12.9. The number of esters is 1. The Hall–Kier alpha value is -1.55. The number of rotatable bonds is 5. The average molecular weight is 372 g/mol. The van der Waals surface area contributed by atoms with E-state index in [0.29, 0.717) is 15.6 Å². The molecule has 3 nitrogen and oxygen atoms in total.